The first-order chi connectivity index (χ1) is 11.3. The van der Waals surface area contributed by atoms with Crippen molar-refractivity contribution in [2.45, 2.75) is 51.8 Å². The maximum absolute atomic E-state index is 12.8. The zero-order valence-corrected chi connectivity index (χ0v) is 14.1. The van der Waals surface area contributed by atoms with Gasteiger partial charge >= 0.3 is 12.1 Å². The van der Waals surface area contributed by atoms with E-state index in [0.29, 0.717) is 12.1 Å². The van der Waals surface area contributed by atoms with Crippen LogP contribution in [-0.4, -0.2) is 22.3 Å². The van der Waals surface area contributed by atoms with Crippen molar-refractivity contribution < 1.29 is 32.4 Å². The third-order valence-electron chi connectivity index (χ3n) is 3.18. The van der Waals surface area contributed by atoms with Crippen LogP contribution in [0, 0.1) is 10.1 Å². The molecular weight excluding hydrogens is 343 g/mol. The molecule has 1 atom stereocenters. The number of rotatable bonds is 5. The Labute approximate surface area is 142 Å². The predicted octanol–water partition coefficient (Wildman–Crippen LogP) is 4.02. The molecule has 1 unspecified atom stereocenters. The van der Waals surface area contributed by atoms with Gasteiger partial charge in [-0.15, -0.1) is 0 Å². The summed E-state index contributed by atoms with van der Waals surface area (Å²) in [6.45, 7) is 6.06. The highest BCUT2D eigenvalue weighted by atomic mass is 19.4. The molecule has 0 spiro atoms. The van der Waals surface area contributed by atoms with Gasteiger partial charge in [0.25, 0.3) is 5.69 Å². The van der Waals surface area contributed by atoms with Gasteiger partial charge in [0, 0.05) is 12.5 Å². The number of esters is 1. The smallest absolute Gasteiger partial charge is 0.416 e. The zero-order chi connectivity index (χ0) is 19.6. The average molecular weight is 361 g/mol. The normalized spacial score (nSPS) is 13.2. The van der Waals surface area contributed by atoms with E-state index in [2.05, 4.69) is 0 Å². The number of benzene rings is 1. The van der Waals surface area contributed by atoms with E-state index in [-0.39, 0.29) is 6.42 Å². The van der Waals surface area contributed by atoms with E-state index in [1.54, 1.807) is 20.8 Å². The van der Waals surface area contributed by atoms with E-state index in [1.807, 2.05) is 0 Å². The molecule has 0 aliphatic carbocycles. The lowest BCUT2D eigenvalue weighted by molar-refractivity contribution is -0.385. The molecular formula is C16H18F3NO5. The number of nitro benzene ring substituents is 1. The number of alkyl halides is 3. The topological polar surface area (TPSA) is 86.5 Å². The number of hydrogen-bond donors (Lipinski definition) is 0. The highest BCUT2D eigenvalue weighted by molar-refractivity contribution is 6.05. The quantitative estimate of drug-likeness (QED) is 0.342. The van der Waals surface area contributed by atoms with Gasteiger partial charge in [0.05, 0.1) is 16.1 Å². The maximum Gasteiger partial charge on any atom is 0.416 e. The first kappa shape index (κ1) is 20.6. The molecule has 0 fully saturated rings. The van der Waals surface area contributed by atoms with Crippen LogP contribution in [0.1, 0.15) is 51.2 Å². The van der Waals surface area contributed by atoms with E-state index in [9.17, 15) is 32.9 Å². The molecule has 0 radical (unpaired) electrons. The predicted molar refractivity (Wildman–Crippen MR) is 82.0 cm³/mol. The van der Waals surface area contributed by atoms with Crippen molar-refractivity contribution in [1.29, 1.82) is 0 Å². The minimum atomic E-state index is -4.79. The molecule has 9 heteroatoms. The van der Waals surface area contributed by atoms with Crippen molar-refractivity contribution in [2.75, 3.05) is 0 Å². The van der Waals surface area contributed by atoms with Gasteiger partial charge in [-0.2, -0.15) is 13.2 Å². The Morgan fingerprint density at radius 3 is 2.20 bits per heavy atom. The molecule has 6 nitrogen and oxygen atoms in total. The lowest BCUT2D eigenvalue weighted by Gasteiger charge is -2.23. The molecule has 138 valence electrons. The van der Waals surface area contributed by atoms with Crippen molar-refractivity contribution >= 4 is 17.4 Å². The summed E-state index contributed by atoms with van der Waals surface area (Å²) in [5, 5.41) is 11.2. The number of Topliss-reactive ketones (excluding diaryl/α,β-unsaturated/α-hetero) is 1. The summed E-state index contributed by atoms with van der Waals surface area (Å²) in [4.78, 5) is 34.6. The number of carbonyl (C=O) groups is 2. The second kappa shape index (κ2) is 7.20. The largest absolute Gasteiger partial charge is 0.459 e. The molecule has 0 heterocycles. The van der Waals surface area contributed by atoms with Crippen LogP contribution < -0.4 is 0 Å². The lowest BCUT2D eigenvalue weighted by Crippen LogP contribution is -2.31. The van der Waals surface area contributed by atoms with Crippen LogP contribution in [0.5, 0.6) is 0 Å². The monoisotopic (exact) mass is 361 g/mol. The molecule has 0 aromatic heterocycles. The standard InChI is InChI=1S/C16H18F3NO5/c1-5-12(21)13(14(22)25-15(2,3)4)10-7-6-9(16(17,18)19)8-11(10)20(23)24/h6-8,13H,5H2,1-4H3. The average Bonchev–Trinajstić information content (AvgIpc) is 2.44. The van der Waals surface area contributed by atoms with E-state index >= 15 is 0 Å². The molecule has 1 aromatic rings. The Hall–Kier alpha value is -2.45. The number of ether oxygens (including phenoxy) is 1. The van der Waals surface area contributed by atoms with Crippen molar-refractivity contribution in [3.8, 4) is 0 Å². The maximum atomic E-state index is 12.8. The summed E-state index contributed by atoms with van der Waals surface area (Å²) in [5.74, 6) is -3.38. The highest BCUT2D eigenvalue weighted by Gasteiger charge is 2.39. The number of halogens is 3. The lowest BCUT2D eigenvalue weighted by atomic mass is 9.90. The molecule has 25 heavy (non-hydrogen) atoms. The SMILES string of the molecule is CCC(=O)C(C(=O)OC(C)(C)C)c1ccc(C(F)(F)F)cc1[N+](=O)[O-]. The summed E-state index contributed by atoms with van der Waals surface area (Å²) < 4.78 is 43.5. The number of carbonyl (C=O) groups excluding carboxylic acids is 2. The molecule has 0 saturated heterocycles. The van der Waals surface area contributed by atoms with E-state index < -0.39 is 51.2 Å². The summed E-state index contributed by atoms with van der Waals surface area (Å²) in [5.41, 5.74) is -3.58. The summed E-state index contributed by atoms with van der Waals surface area (Å²) in [6, 6.07) is 1.70. The zero-order valence-electron chi connectivity index (χ0n) is 14.1. The second-order valence-corrected chi connectivity index (χ2v) is 6.31. The molecule has 0 saturated carbocycles. The third-order valence-corrected chi connectivity index (χ3v) is 3.18. The fourth-order valence-corrected chi connectivity index (χ4v) is 2.12. The van der Waals surface area contributed by atoms with Crippen molar-refractivity contribution in [3.63, 3.8) is 0 Å². The van der Waals surface area contributed by atoms with Crippen LogP contribution in [0.3, 0.4) is 0 Å². The van der Waals surface area contributed by atoms with Gasteiger partial charge < -0.3 is 4.74 Å². The summed E-state index contributed by atoms with van der Waals surface area (Å²) in [7, 11) is 0. The van der Waals surface area contributed by atoms with Crippen LogP contribution in [0.4, 0.5) is 18.9 Å². The Balaban J connectivity index is 3.51. The summed E-state index contributed by atoms with van der Waals surface area (Å²) in [6.07, 6.45) is -4.93. The Bertz CT molecular complexity index is 692. The third kappa shape index (κ3) is 5.27. The fraction of sp³-hybridized carbons (Fsp3) is 0.500. The Morgan fingerprint density at radius 2 is 1.80 bits per heavy atom. The molecule has 0 N–H and O–H groups in total. The van der Waals surface area contributed by atoms with Gasteiger partial charge in [-0.25, -0.2) is 0 Å². The van der Waals surface area contributed by atoms with Gasteiger partial charge in [0.2, 0.25) is 0 Å². The van der Waals surface area contributed by atoms with E-state index in [1.165, 1.54) is 6.92 Å². The molecule has 0 amide bonds. The van der Waals surface area contributed by atoms with Gasteiger partial charge in [-0.1, -0.05) is 13.0 Å². The van der Waals surface area contributed by atoms with Crippen LogP contribution >= 0.6 is 0 Å². The van der Waals surface area contributed by atoms with Crippen molar-refractivity contribution in [3.05, 3.63) is 39.4 Å². The van der Waals surface area contributed by atoms with Gasteiger partial charge in [0.1, 0.15) is 11.5 Å². The van der Waals surface area contributed by atoms with Gasteiger partial charge in [0.15, 0.2) is 5.78 Å². The fourth-order valence-electron chi connectivity index (χ4n) is 2.12. The van der Waals surface area contributed by atoms with E-state index in [0.717, 1.165) is 6.07 Å². The van der Waals surface area contributed by atoms with Crippen molar-refractivity contribution in [1.82, 2.24) is 0 Å². The molecule has 0 bridgehead atoms. The molecule has 0 aliphatic rings. The minimum absolute atomic E-state index is 0.137. The Morgan fingerprint density at radius 1 is 1.24 bits per heavy atom. The second-order valence-electron chi connectivity index (χ2n) is 6.31. The van der Waals surface area contributed by atoms with Crippen LogP contribution in [0.2, 0.25) is 0 Å². The summed E-state index contributed by atoms with van der Waals surface area (Å²) >= 11 is 0. The van der Waals surface area contributed by atoms with Crippen molar-refractivity contribution in [2.24, 2.45) is 0 Å². The van der Waals surface area contributed by atoms with Crippen LogP contribution in [0.25, 0.3) is 0 Å². The molecule has 0 aliphatic heterocycles. The van der Waals surface area contributed by atoms with Crippen LogP contribution in [-0.2, 0) is 20.5 Å². The number of nitro groups is 1. The van der Waals surface area contributed by atoms with Gasteiger partial charge in [-0.05, 0) is 26.8 Å². The number of hydrogen-bond acceptors (Lipinski definition) is 5. The Kier molecular flexibility index (Phi) is 5.93. The minimum Gasteiger partial charge on any atom is -0.459 e. The highest BCUT2D eigenvalue weighted by Crippen LogP contribution is 2.36. The molecule has 1 aromatic carbocycles. The van der Waals surface area contributed by atoms with E-state index in [4.69, 9.17) is 4.74 Å². The molecule has 1 rings (SSSR count). The number of nitrogens with zero attached hydrogens (tertiary/aromatic N) is 1. The first-order valence-electron chi connectivity index (χ1n) is 7.39. The van der Waals surface area contributed by atoms with Gasteiger partial charge in [-0.3, -0.25) is 19.7 Å². The van der Waals surface area contributed by atoms with Crippen LogP contribution in [0.15, 0.2) is 18.2 Å². The number of ketones is 1. The first-order valence-corrected chi connectivity index (χ1v) is 7.39.